The predicted octanol–water partition coefficient (Wildman–Crippen LogP) is 3.28. The van der Waals surface area contributed by atoms with Gasteiger partial charge in [-0.2, -0.15) is 15.5 Å². The van der Waals surface area contributed by atoms with E-state index in [1.807, 2.05) is 60.7 Å². The van der Waals surface area contributed by atoms with Crippen molar-refractivity contribution in [2.75, 3.05) is 7.11 Å². The van der Waals surface area contributed by atoms with E-state index in [-0.39, 0.29) is 11.7 Å². The second kappa shape index (κ2) is 7.13. The van der Waals surface area contributed by atoms with Crippen molar-refractivity contribution in [3.63, 3.8) is 0 Å². The number of benzene rings is 2. The summed E-state index contributed by atoms with van der Waals surface area (Å²) in [5.74, 6) is -0.238. The first kappa shape index (κ1) is 17.3. The first-order valence-electron chi connectivity index (χ1n) is 8.19. The van der Waals surface area contributed by atoms with Crippen LogP contribution in [-0.4, -0.2) is 12.9 Å². The normalized spacial score (nSPS) is 22.1. The lowest BCUT2D eigenvalue weighted by Crippen LogP contribution is -2.46. The van der Waals surface area contributed by atoms with Crippen LogP contribution in [0.4, 0.5) is 0 Å². The van der Waals surface area contributed by atoms with Crippen molar-refractivity contribution in [3.8, 4) is 12.1 Å². The summed E-state index contributed by atoms with van der Waals surface area (Å²) >= 11 is 0. The first-order valence-corrected chi connectivity index (χ1v) is 8.19. The third-order valence-electron chi connectivity index (χ3n) is 4.66. The SMILES string of the molecule is COC1=C(C#N)C(c2ccccc2)C(C#N)(Cc2ccccc2)C(N)=N1. The van der Waals surface area contributed by atoms with Crippen molar-refractivity contribution >= 4 is 5.84 Å². The molecular formula is C21H18N4O. The van der Waals surface area contributed by atoms with E-state index in [0.29, 0.717) is 12.0 Å². The zero-order valence-electron chi connectivity index (χ0n) is 14.4. The van der Waals surface area contributed by atoms with E-state index in [4.69, 9.17) is 10.5 Å². The molecule has 0 bridgehead atoms. The van der Waals surface area contributed by atoms with Crippen LogP contribution in [0.1, 0.15) is 17.0 Å². The Bertz CT molecular complexity index is 935. The Morgan fingerprint density at radius 3 is 2.23 bits per heavy atom. The highest BCUT2D eigenvalue weighted by molar-refractivity contribution is 5.93. The molecule has 2 aromatic rings. The highest BCUT2D eigenvalue weighted by Gasteiger charge is 2.50. The molecule has 0 aliphatic carbocycles. The molecule has 2 atom stereocenters. The summed E-state index contributed by atoms with van der Waals surface area (Å²) in [7, 11) is 1.45. The van der Waals surface area contributed by atoms with E-state index in [1.54, 1.807) is 0 Å². The molecule has 1 heterocycles. The molecule has 26 heavy (non-hydrogen) atoms. The highest BCUT2D eigenvalue weighted by Crippen LogP contribution is 2.47. The molecule has 0 fully saturated rings. The van der Waals surface area contributed by atoms with Gasteiger partial charge in [0.15, 0.2) is 0 Å². The van der Waals surface area contributed by atoms with Gasteiger partial charge in [-0.05, 0) is 17.5 Å². The van der Waals surface area contributed by atoms with Crippen LogP contribution in [0.25, 0.3) is 0 Å². The summed E-state index contributed by atoms with van der Waals surface area (Å²) in [5, 5.41) is 20.0. The molecule has 1 aliphatic heterocycles. The Balaban J connectivity index is 2.24. The maximum absolute atomic E-state index is 10.2. The Labute approximate surface area is 152 Å². The number of rotatable bonds is 4. The largest absolute Gasteiger partial charge is 0.480 e. The van der Waals surface area contributed by atoms with Crippen LogP contribution in [0.15, 0.2) is 77.1 Å². The summed E-state index contributed by atoms with van der Waals surface area (Å²) < 4.78 is 5.29. The Hall–Kier alpha value is -3.57. The molecule has 0 saturated carbocycles. The number of ether oxygens (including phenoxy) is 1. The molecule has 0 amide bonds. The van der Waals surface area contributed by atoms with E-state index in [1.165, 1.54) is 7.11 Å². The van der Waals surface area contributed by atoms with Crippen LogP contribution in [0.5, 0.6) is 0 Å². The number of hydrogen-bond donors (Lipinski definition) is 1. The number of allylic oxidation sites excluding steroid dienone is 1. The first-order chi connectivity index (χ1) is 12.7. The number of methoxy groups -OCH3 is 1. The minimum absolute atomic E-state index is 0.161. The topological polar surface area (TPSA) is 95.2 Å². The standard InChI is InChI=1S/C21H18N4O/c1-26-19-17(13-22)18(16-10-6-3-7-11-16)21(14-23,20(24)25-19)12-15-8-4-2-5-9-15/h2-11,18H,12H2,1H3,(H2,24,25). The van der Waals surface area contributed by atoms with Gasteiger partial charge >= 0.3 is 0 Å². The van der Waals surface area contributed by atoms with Crippen molar-refractivity contribution in [2.24, 2.45) is 16.1 Å². The molecule has 5 nitrogen and oxygen atoms in total. The van der Waals surface area contributed by atoms with E-state index < -0.39 is 11.3 Å². The number of nitrogens with two attached hydrogens (primary N) is 1. The number of aliphatic imine (C=N–C) groups is 1. The third kappa shape index (κ3) is 2.81. The number of amidine groups is 1. The van der Waals surface area contributed by atoms with E-state index in [2.05, 4.69) is 17.1 Å². The predicted molar refractivity (Wildman–Crippen MR) is 98.6 cm³/mol. The fourth-order valence-electron chi connectivity index (χ4n) is 3.42. The number of hydrogen-bond acceptors (Lipinski definition) is 5. The minimum Gasteiger partial charge on any atom is -0.480 e. The molecule has 2 aromatic carbocycles. The average molecular weight is 342 g/mol. The molecule has 5 heteroatoms. The second-order valence-corrected chi connectivity index (χ2v) is 6.12. The Kier molecular flexibility index (Phi) is 4.73. The monoisotopic (exact) mass is 342 g/mol. The van der Waals surface area contributed by atoms with Gasteiger partial charge in [0, 0.05) is 0 Å². The van der Waals surface area contributed by atoms with Crippen LogP contribution in [0.3, 0.4) is 0 Å². The van der Waals surface area contributed by atoms with Gasteiger partial charge in [0.25, 0.3) is 0 Å². The summed E-state index contributed by atoms with van der Waals surface area (Å²) in [4.78, 5) is 4.26. The molecule has 2 unspecified atom stereocenters. The van der Waals surface area contributed by atoms with Gasteiger partial charge in [-0.1, -0.05) is 60.7 Å². The van der Waals surface area contributed by atoms with Gasteiger partial charge < -0.3 is 10.5 Å². The maximum Gasteiger partial charge on any atom is 0.229 e. The molecule has 0 radical (unpaired) electrons. The molecule has 1 aliphatic rings. The van der Waals surface area contributed by atoms with Crippen molar-refractivity contribution < 1.29 is 4.74 Å². The lowest BCUT2D eigenvalue weighted by atomic mass is 9.64. The fraction of sp³-hybridized carbons (Fsp3) is 0.190. The third-order valence-corrected chi connectivity index (χ3v) is 4.66. The van der Waals surface area contributed by atoms with E-state index in [0.717, 1.165) is 11.1 Å². The summed E-state index contributed by atoms with van der Waals surface area (Å²) in [6.45, 7) is 0. The highest BCUT2D eigenvalue weighted by atomic mass is 16.5. The smallest absolute Gasteiger partial charge is 0.229 e. The number of nitrogens with zero attached hydrogens (tertiary/aromatic N) is 3. The molecular weight excluding hydrogens is 324 g/mol. The van der Waals surface area contributed by atoms with E-state index >= 15 is 0 Å². The molecule has 0 saturated heterocycles. The Morgan fingerprint density at radius 2 is 1.69 bits per heavy atom. The fourth-order valence-corrected chi connectivity index (χ4v) is 3.42. The van der Waals surface area contributed by atoms with Crippen LogP contribution in [0, 0.1) is 28.1 Å². The zero-order chi connectivity index (χ0) is 18.6. The van der Waals surface area contributed by atoms with E-state index in [9.17, 15) is 10.5 Å². The minimum atomic E-state index is -1.17. The van der Waals surface area contributed by atoms with Crippen LogP contribution in [0.2, 0.25) is 0 Å². The molecule has 0 aromatic heterocycles. The van der Waals surface area contributed by atoms with Crippen molar-refractivity contribution in [2.45, 2.75) is 12.3 Å². The van der Waals surface area contributed by atoms with Crippen LogP contribution >= 0.6 is 0 Å². The van der Waals surface area contributed by atoms with Gasteiger partial charge in [0.2, 0.25) is 5.88 Å². The van der Waals surface area contributed by atoms with Crippen LogP contribution < -0.4 is 5.73 Å². The van der Waals surface area contributed by atoms with Gasteiger partial charge in [-0.25, -0.2) is 0 Å². The van der Waals surface area contributed by atoms with Gasteiger partial charge in [-0.15, -0.1) is 0 Å². The van der Waals surface area contributed by atoms with Crippen molar-refractivity contribution in [1.29, 1.82) is 10.5 Å². The lowest BCUT2D eigenvalue weighted by molar-refractivity contribution is 0.271. The second-order valence-electron chi connectivity index (χ2n) is 6.12. The molecule has 2 N–H and O–H groups in total. The van der Waals surface area contributed by atoms with Gasteiger partial charge in [0.1, 0.15) is 22.9 Å². The molecule has 0 spiro atoms. The summed E-state index contributed by atoms with van der Waals surface area (Å²) in [6, 6.07) is 23.6. The quantitative estimate of drug-likeness (QED) is 0.922. The van der Waals surface area contributed by atoms with Gasteiger partial charge in [0.05, 0.1) is 19.1 Å². The summed E-state index contributed by atoms with van der Waals surface area (Å²) in [5.41, 5.74) is 7.20. The Morgan fingerprint density at radius 1 is 1.08 bits per heavy atom. The van der Waals surface area contributed by atoms with Gasteiger partial charge in [-0.3, -0.25) is 0 Å². The summed E-state index contributed by atoms with van der Waals surface area (Å²) in [6.07, 6.45) is 0.349. The lowest BCUT2D eigenvalue weighted by Gasteiger charge is -2.37. The zero-order valence-corrected chi connectivity index (χ0v) is 14.4. The van der Waals surface area contributed by atoms with Crippen molar-refractivity contribution in [3.05, 3.63) is 83.2 Å². The average Bonchev–Trinajstić information content (AvgIpc) is 2.70. The maximum atomic E-state index is 10.2. The van der Waals surface area contributed by atoms with Crippen LogP contribution in [-0.2, 0) is 11.2 Å². The van der Waals surface area contributed by atoms with Crippen molar-refractivity contribution in [1.82, 2.24) is 0 Å². The molecule has 3 rings (SSSR count). The number of nitriles is 2. The molecule has 128 valence electrons.